The summed E-state index contributed by atoms with van der Waals surface area (Å²) >= 11 is 0. The molecule has 0 amide bonds. The number of ketones is 7. The number of aryl methyl sites for hydroxylation is 1. The van der Waals surface area contributed by atoms with Crippen LogP contribution in [-0.4, -0.2) is 94.3 Å². The van der Waals surface area contributed by atoms with Gasteiger partial charge in [0.15, 0.2) is 0 Å². The smallest absolute Gasteiger partial charge is 0.306 e. The van der Waals surface area contributed by atoms with Crippen LogP contribution in [0.25, 0.3) is 0 Å². The summed E-state index contributed by atoms with van der Waals surface area (Å²) in [7, 11) is 0. The summed E-state index contributed by atoms with van der Waals surface area (Å²) in [6.07, 6.45) is 40.1. The van der Waals surface area contributed by atoms with E-state index in [1.807, 2.05) is 136 Å². The second-order valence-corrected chi connectivity index (χ2v) is 45.3. The van der Waals surface area contributed by atoms with Crippen LogP contribution in [0.4, 0.5) is 0 Å². The van der Waals surface area contributed by atoms with Gasteiger partial charge in [-0.25, -0.2) is 0 Å². The molecule has 1 saturated carbocycles. The van der Waals surface area contributed by atoms with Crippen LogP contribution in [0.15, 0.2) is 83.9 Å². The second kappa shape index (κ2) is 100. The van der Waals surface area contributed by atoms with Crippen molar-refractivity contribution >= 4 is 58.3 Å². The third-order valence-electron chi connectivity index (χ3n) is 24.6. The van der Waals surface area contributed by atoms with Gasteiger partial charge in [0, 0.05) is 80.6 Å². The Hall–Kier alpha value is -6.84. The number of carboxylic acid groups (broad SMARTS) is 2. The van der Waals surface area contributed by atoms with Gasteiger partial charge >= 0.3 is 11.9 Å². The van der Waals surface area contributed by atoms with Gasteiger partial charge in [-0.1, -0.05) is 407 Å². The standard InChI is InChI=1S/C18H28N2O.2C13H24O3.C13H26O.C12H18O.C12H24O.C11H16O.C9H18O.C7H14O.C6H12O.2C6H14/c1-14(2)12-13-21-17-10-8-15(9-11-17)18(19)20-16-6-4-3-5-7-16;1-6-7-10(12(15)16)8-11(14)13(4,5)9(2)3;1-4-5-6-7-11(13(15)16)9-12(14)8-10(2)3;1-5-6-7-8-9-10-13(14)12(4)11(2)3;1-10(2)8-9-13-12-6-4-11(3)5-7-12;1-4-5-6-7-8-9-12(13)10-11(2)3;1-10(2)8-9-12-11-6-4-3-5-7-11;1-4-5-6-9(10)7-8(2)3;1-5(2)6(3)7(4)8;1-5(2)4-6(3)7;2*1-4-5-6(2)3/h8-11,14,16H,3-7,12-13H2,1-2H3,(H2,19,20);9-10H,6-8H2,1-5H3,(H,15,16);10-11H,4-9H2,1-3H3,(H,15,16);11-12H,5-10H2,1-4H3;4-7,10H,8-9H2,1-3H3;11H,4-10H2,1-3H3;3-7,10H,8-9H2,1-2H3;8H,4-7H2,1-3H3;5-6H,1-4H3;5H,4H2,1-3H3;2*6H,4-5H2,1-3H3. The van der Waals surface area contributed by atoms with Crippen LogP contribution in [0.1, 0.15) is 518 Å². The molecule has 3 aromatic rings. The number of aliphatic carboxylic acids is 2. The molecule has 0 saturated heterocycles. The molecule has 1 aliphatic carbocycles. The van der Waals surface area contributed by atoms with E-state index in [-0.39, 0.29) is 47.9 Å². The number of nitrogens with two attached hydrogens (primary N) is 1. The summed E-state index contributed by atoms with van der Waals surface area (Å²) in [5.41, 5.74) is 7.97. The van der Waals surface area contributed by atoms with E-state index in [0.29, 0.717) is 108 Å². The van der Waals surface area contributed by atoms with Crippen LogP contribution in [0, 0.1) is 107 Å². The van der Waals surface area contributed by atoms with Crippen LogP contribution in [0.3, 0.4) is 0 Å². The molecule has 1 fully saturated rings. The molecule has 0 aliphatic heterocycles. The average molecular weight is 2000 g/mol. The number of benzene rings is 3. The van der Waals surface area contributed by atoms with Crippen LogP contribution >= 0.6 is 0 Å². The number of carbonyl (C=O) groups excluding carboxylic acids is 7. The number of Topliss-reactive ketones (excluding diaryl/α,β-unsaturated/α-hetero) is 7. The van der Waals surface area contributed by atoms with E-state index in [0.717, 1.165) is 164 Å². The average Bonchev–Trinajstić information content (AvgIpc) is 0.846. The summed E-state index contributed by atoms with van der Waals surface area (Å²) in [6, 6.07) is 26.5. The van der Waals surface area contributed by atoms with E-state index in [9.17, 15) is 43.2 Å². The van der Waals surface area contributed by atoms with Crippen molar-refractivity contribution in [2.45, 2.75) is 520 Å². The second-order valence-electron chi connectivity index (χ2n) is 45.3. The van der Waals surface area contributed by atoms with E-state index in [1.165, 1.54) is 115 Å². The Kier molecular flexibility index (Phi) is 106. The molecule has 4 atom stereocenters. The molecule has 0 radical (unpaired) electrons. The van der Waals surface area contributed by atoms with E-state index in [1.54, 1.807) is 13.8 Å². The number of carbonyl (C=O) groups is 9. The predicted octanol–water partition coefficient (Wildman–Crippen LogP) is 36.4. The number of para-hydroxylation sites is 1. The molecule has 0 aromatic heterocycles. The number of carboxylic acids is 2. The van der Waals surface area contributed by atoms with Gasteiger partial charge in [-0.05, 0) is 205 Å². The molecule has 830 valence electrons. The van der Waals surface area contributed by atoms with Crippen LogP contribution < -0.4 is 19.9 Å². The third kappa shape index (κ3) is 107. The number of amidine groups is 1. The highest BCUT2D eigenvalue weighted by molar-refractivity contribution is 5.97. The molecule has 4 unspecified atom stereocenters. The largest absolute Gasteiger partial charge is 0.494 e. The maximum atomic E-state index is 12.0. The first kappa shape index (κ1) is 150. The summed E-state index contributed by atoms with van der Waals surface area (Å²) in [5.74, 6) is 10.4. The lowest BCUT2D eigenvalue weighted by molar-refractivity contribution is -0.145. The fraction of sp³-hybridized carbons (Fsp3) is 0.778. The molecule has 16 heteroatoms. The number of nitrogens with zero attached hydrogens (tertiary/aromatic N) is 1. The number of hydrogen-bond donors (Lipinski definition) is 3. The maximum absolute atomic E-state index is 12.0. The molecular formula is C126H232N2O14. The van der Waals surface area contributed by atoms with Crippen molar-refractivity contribution in [3.05, 3.63) is 90.0 Å². The maximum Gasteiger partial charge on any atom is 0.306 e. The Morgan fingerprint density at radius 3 is 1.02 bits per heavy atom. The minimum absolute atomic E-state index is 0.0587. The zero-order valence-electron chi connectivity index (χ0n) is 99.8. The highest BCUT2D eigenvalue weighted by Gasteiger charge is 2.34. The fourth-order valence-corrected chi connectivity index (χ4v) is 13.9. The first-order valence-corrected chi connectivity index (χ1v) is 57.0. The molecule has 142 heavy (non-hydrogen) atoms. The van der Waals surface area contributed by atoms with Crippen LogP contribution in [-0.2, 0) is 43.2 Å². The van der Waals surface area contributed by atoms with E-state index in [4.69, 9.17) is 30.2 Å². The number of aliphatic imine (C=N–C) groups is 1. The van der Waals surface area contributed by atoms with Gasteiger partial charge < -0.3 is 35.0 Å². The Balaban J connectivity index is -0.000000234. The first-order valence-electron chi connectivity index (χ1n) is 57.0. The molecule has 16 nitrogen and oxygen atoms in total. The molecule has 0 heterocycles. The molecular weight excluding hydrogens is 1770 g/mol. The Morgan fingerprint density at radius 2 is 0.704 bits per heavy atom. The minimum Gasteiger partial charge on any atom is -0.494 e. The zero-order chi connectivity index (χ0) is 111. The highest BCUT2D eigenvalue weighted by atomic mass is 16.5. The van der Waals surface area contributed by atoms with Gasteiger partial charge in [-0.3, -0.25) is 43.3 Å². The van der Waals surface area contributed by atoms with Gasteiger partial charge in [0.25, 0.3) is 0 Å². The van der Waals surface area contributed by atoms with Crippen molar-refractivity contribution in [1.82, 2.24) is 0 Å². The van der Waals surface area contributed by atoms with E-state index in [2.05, 4.69) is 197 Å². The minimum atomic E-state index is -0.852. The number of rotatable bonds is 59. The summed E-state index contributed by atoms with van der Waals surface area (Å²) in [5, 5.41) is 18.0. The Bertz CT molecular complexity index is 3440. The molecule has 0 bridgehead atoms. The topological polar surface area (TPSA) is 260 Å². The van der Waals surface area contributed by atoms with Crippen LogP contribution in [0.5, 0.6) is 17.2 Å². The van der Waals surface area contributed by atoms with Gasteiger partial charge in [0.1, 0.15) is 63.6 Å². The molecule has 0 spiro atoms. The van der Waals surface area contributed by atoms with Gasteiger partial charge in [-0.15, -0.1) is 0 Å². The zero-order valence-corrected chi connectivity index (χ0v) is 99.8. The fourth-order valence-electron chi connectivity index (χ4n) is 13.9. The van der Waals surface area contributed by atoms with Gasteiger partial charge in [-0.2, -0.15) is 0 Å². The van der Waals surface area contributed by atoms with Crippen molar-refractivity contribution < 1.29 is 67.6 Å². The first-order chi connectivity index (χ1) is 66.5. The number of hydrogen-bond acceptors (Lipinski definition) is 13. The monoisotopic (exact) mass is 2000 g/mol. The van der Waals surface area contributed by atoms with Crippen molar-refractivity contribution in [2.24, 2.45) is 111 Å². The summed E-state index contributed by atoms with van der Waals surface area (Å²) < 4.78 is 16.8. The molecule has 3 aromatic carbocycles. The van der Waals surface area contributed by atoms with Crippen molar-refractivity contribution in [3.8, 4) is 17.2 Å². The lowest BCUT2D eigenvalue weighted by atomic mass is 9.74. The van der Waals surface area contributed by atoms with E-state index < -0.39 is 29.2 Å². The predicted molar refractivity (Wildman–Crippen MR) is 614 cm³/mol. The summed E-state index contributed by atoms with van der Waals surface area (Å²) in [6.45, 7) is 81.6. The van der Waals surface area contributed by atoms with Crippen molar-refractivity contribution in [3.63, 3.8) is 0 Å². The van der Waals surface area contributed by atoms with Crippen LogP contribution in [0.2, 0.25) is 0 Å². The Morgan fingerprint density at radius 1 is 0.359 bits per heavy atom. The summed E-state index contributed by atoms with van der Waals surface area (Å²) in [4.78, 5) is 105. The van der Waals surface area contributed by atoms with Gasteiger partial charge in [0.2, 0.25) is 0 Å². The lowest BCUT2D eigenvalue weighted by Gasteiger charge is -2.28. The SMILES string of the molecule is CC(=O)C(C)C(C)C.CC(=O)CC(C)C.CC(C)CCOc1ccc(C(N)=NC2CCCCC2)cc1.CC(C)CCOc1ccccc1.CCCC(C)C.CCCC(C)C.CCCC(CC(=O)C(C)(C)C(C)C)C(=O)O.CCCCC(=O)CC(C)C.CCCCCC(CC(=O)CC(C)C)C(=O)O.CCCCCCCC(=O)C(C)C(C)C.CCCCCCCC(=O)CC(C)C.Cc1ccc(OCCC(C)C)cc1. The normalized spacial score (nSPS) is 12.5. The number of unbranched alkanes of at least 4 members (excludes halogenated alkanes) is 11. The molecule has 4 N–H and O–H groups in total. The van der Waals surface area contributed by atoms with E-state index >= 15 is 0 Å². The highest BCUT2D eigenvalue weighted by Crippen LogP contribution is 2.32. The Labute approximate surface area is 878 Å². The van der Waals surface area contributed by atoms with Crippen molar-refractivity contribution in [2.75, 3.05) is 19.8 Å². The number of ether oxygens (including phenoxy) is 3. The molecule has 4 rings (SSSR count). The van der Waals surface area contributed by atoms with Crippen molar-refractivity contribution in [1.29, 1.82) is 0 Å². The molecule has 1 aliphatic rings. The lowest BCUT2D eigenvalue weighted by Crippen LogP contribution is -2.32. The third-order valence-corrected chi connectivity index (χ3v) is 24.6. The quantitative estimate of drug-likeness (QED) is 0.0270. The van der Waals surface area contributed by atoms with Gasteiger partial charge in [0.05, 0.1) is 37.7 Å².